The molecule has 0 radical (unpaired) electrons. The van der Waals surface area contributed by atoms with Crippen LogP contribution in [0.4, 0.5) is 0 Å². The average Bonchev–Trinajstić information content (AvgIpc) is 3.02. The Morgan fingerprint density at radius 3 is 2.44 bits per heavy atom. The molecule has 0 bridgehead atoms. The second kappa shape index (κ2) is 12.3. The third-order valence-corrected chi connectivity index (χ3v) is 9.38. The van der Waals surface area contributed by atoms with Gasteiger partial charge in [-0.15, -0.1) is 0 Å². The summed E-state index contributed by atoms with van der Waals surface area (Å²) in [5.41, 5.74) is 4.45. The van der Waals surface area contributed by atoms with Crippen LogP contribution in [0.1, 0.15) is 46.7 Å². The van der Waals surface area contributed by atoms with Crippen LogP contribution in [-0.4, -0.2) is 63.4 Å². The minimum atomic E-state index is -3.50. The maximum atomic E-state index is 13.2. The van der Waals surface area contributed by atoms with Gasteiger partial charge in [-0.2, -0.15) is 0 Å². The smallest absolute Gasteiger partial charge is 0.220 e. The average molecular weight is 544 g/mol. The number of hydrogen-bond donors (Lipinski definition) is 1. The first-order valence-electron chi connectivity index (χ1n) is 13.8. The fraction of sp³-hybridized carbons (Fsp3) is 0.344. The lowest BCUT2D eigenvalue weighted by Gasteiger charge is -2.34. The van der Waals surface area contributed by atoms with E-state index >= 15 is 0 Å². The Morgan fingerprint density at radius 2 is 1.64 bits per heavy atom. The van der Waals surface area contributed by atoms with E-state index < -0.39 is 15.9 Å². The molecule has 5 rings (SSSR count). The molecule has 1 N–H and O–H groups in total. The van der Waals surface area contributed by atoms with Gasteiger partial charge in [-0.1, -0.05) is 84.4 Å². The van der Waals surface area contributed by atoms with Crippen molar-refractivity contribution >= 4 is 21.8 Å². The standard InChI is InChI=1S/C32H37N3O3S/c1-25-15-16-30-29(23-25)32(28-13-6-5-12-27(28)24-39(30,37)38)33-31(36)14-8-18-35-21-19-34(20-22-35)17-7-11-26-9-3-2-4-10-26/h2-7,9-13,15-16,23,32H,8,14,17-22,24H2,1H3,(H,33,36). The zero-order chi connectivity index (χ0) is 27.2. The normalized spacial score (nSPS) is 19.3. The lowest BCUT2D eigenvalue weighted by atomic mass is 9.94. The topological polar surface area (TPSA) is 69.7 Å². The van der Waals surface area contributed by atoms with Gasteiger partial charge in [0.15, 0.2) is 9.84 Å². The Hall–Kier alpha value is -3.26. The fourth-order valence-corrected chi connectivity index (χ4v) is 7.16. The highest BCUT2D eigenvalue weighted by molar-refractivity contribution is 7.90. The minimum absolute atomic E-state index is 0.0498. The predicted octanol–water partition coefficient (Wildman–Crippen LogP) is 4.60. The minimum Gasteiger partial charge on any atom is -0.345 e. The van der Waals surface area contributed by atoms with Gasteiger partial charge in [-0.05, 0) is 48.2 Å². The number of rotatable bonds is 8. The summed E-state index contributed by atoms with van der Waals surface area (Å²) in [6, 6.07) is 22.8. The molecule has 2 aliphatic heterocycles. The first kappa shape index (κ1) is 27.3. The number of carbonyl (C=O) groups is 1. The molecule has 3 aromatic carbocycles. The summed E-state index contributed by atoms with van der Waals surface area (Å²) in [6.07, 6.45) is 5.58. The Labute approximate surface area is 232 Å². The number of carbonyl (C=O) groups excluding carboxylic acids is 1. The molecule has 0 aromatic heterocycles. The summed E-state index contributed by atoms with van der Waals surface area (Å²) in [6.45, 7) is 7.82. The Kier molecular flexibility index (Phi) is 8.60. The van der Waals surface area contributed by atoms with Crippen LogP contribution in [0.25, 0.3) is 6.08 Å². The van der Waals surface area contributed by atoms with Crippen LogP contribution in [0.2, 0.25) is 0 Å². The highest BCUT2D eigenvalue weighted by atomic mass is 32.2. The second-order valence-corrected chi connectivity index (χ2v) is 12.5. The number of nitrogens with zero attached hydrogens (tertiary/aromatic N) is 2. The van der Waals surface area contributed by atoms with Gasteiger partial charge in [-0.3, -0.25) is 9.69 Å². The molecule has 1 saturated heterocycles. The van der Waals surface area contributed by atoms with Gasteiger partial charge >= 0.3 is 0 Å². The summed E-state index contributed by atoms with van der Waals surface area (Å²) >= 11 is 0. The van der Waals surface area contributed by atoms with Crippen LogP contribution in [0, 0.1) is 6.92 Å². The molecule has 0 saturated carbocycles. The second-order valence-electron chi connectivity index (χ2n) is 10.6. The van der Waals surface area contributed by atoms with Crippen LogP contribution in [0.15, 0.2) is 83.8 Å². The summed E-state index contributed by atoms with van der Waals surface area (Å²) in [4.78, 5) is 18.3. The van der Waals surface area contributed by atoms with Crippen molar-refractivity contribution in [2.45, 2.75) is 36.5 Å². The summed E-state index contributed by atoms with van der Waals surface area (Å²) < 4.78 is 26.3. The zero-order valence-electron chi connectivity index (χ0n) is 22.6. The van der Waals surface area contributed by atoms with Crippen molar-refractivity contribution in [3.63, 3.8) is 0 Å². The van der Waals surface area contributed by atoms with E-state index in [2.05, 4.69) is 51.5 Å². The largest absolute Gasteiger partial charge is 0.345 e. The Morgan fingerprint density at radius 1 is 0.923 bits per heavy atom. The van der Waals surface area contributed by atoms with Crippen molar-refractivity contribution in [1.82, 2.24) is 15.1 Å². The highest BCUT2D eigenvalue weighted by Crippen LogP contribution is 2.36. The van der Waals surface area contributed by atoms with Gasteiger partial charge in [0.1, 0.15) is 0 Å². The van der Waals surface area contributed by atoms with Crippen molar-refractivity contribution in [2.24, 2.45) is 0 Å². The first-order valence-corrected chi connectivity index (χ1v) is 15.4. The summed E-state index contributed by atoms with van der Waals surface area (Å²) in [5.74, 6) is -0.106. The molecule has 39 heavy (non-hydrogen) atoms. The van der Waals surface area contributed by atoms with Gasteiger partial charge in [0.2, 0.25) is 5.91 Å². The van der Waals surface area contributed by atoms with E-state index in [0.29, 0.717) is 16.9 Å². The molecule has 7 heteroatoms. The van der Waals surface area contributed by atoms with Crippen LogP contribution in [0.3, 0.4) is 0 Å². The Bertz CT molecular complexity index is 1430. The molecule has 0 spiro atoms. The molecule has 204 valence electrons. The molecule has 2 heterocycles. The number of nitrogens with one attached hydrogen (secondary N) is 1. The zero-order valence-corrected chi connectivity index (χ0v) is 23.4. The number of amides is 1. The SMILES string of the molecule is Cc1ccc2c(c1)C(NC(=O)CCCN1CCN(CC=Cc3ccccc3)CC1)c1ccccc1CS2(=O)=O. The molecule has 1 atom stereocenters. The lowest BCUT2D eigenvalue weighted by Crippen LogP contribution is -2.46. The van der Waals surface area contributed by atoms with E-state index in [-0.39, 0.29) is 11.7 Å². The molecule has 1 unspecified atom stereocenters. The van der Waals surface area contributed by atoms with Gasteiger partial charge in [0.25, 0.3) is 0 Å². The van der Waals surface area contributed by atoms with Crippen LogP contribution < -0.4 is 5.32 Å². The molecule has 2 aliphatic rings. The molecular weight excluding hydrogens is 506 g/mol. The van der Waals surface area contributed by atoms with Crippen molar-refractivity contribution in [3.05, 3.63) is 107 Å². The van der Waals surface area contributed by atoms with Crippen LogP contribution >= 0.6 is 0 Å². The highest BCUT2D eigenvalue weighted by Gasteiger charge is 2.32. The maximum absolute atomic E-state index is 13.2. The fourth-order valence-electron chi connectivity index (χ4n) is 5.52. The molecule has 0 aliphatic carbocycles. The van der Waals surface area contributed by atoms with E-state index in [0.717, 1.165) is 62.4 Å². The third-order valence-electron chi connectivity index (χ3n) is 7.64. The summed E-state index contributed by atoms with van der Waals surface area (Å²) in [7, 11) is -3.50. The maximum Gasteiger partial charge on any atom is 0.220 e. The number of benzene rings is 3. The quantitative estimate of drug-likeness (QED) is 0.450. The molecule has 1 amide bonds. The van der Waals surface area contributed by atoms with Crippen molar-refractivity contribution < 1.29 is 13.2 Å². The molecule has 6 nitrogen and oxygen atoms in total. The lowest BCUT2D eigenvalue weighted by molar-refractivity contribution is -0.121. The van der Waals surface area contributed by atoms with Crippen molar-refractivity contribution in [3.8, 4) is 0 Å². The number of fused-ring (bicyclic) bond motifs is 2. The van der Waals surface area contributed by atoms with Crippen molar-refractivity contribution in [1.29, 1.82) is 0 Å². The predicted molar refractivity (Wildman–Crippen MR) is 156 cm³/mol. The Balaban J connectivity index is 1.14. The van der Waals surface area contributed by atoms with E-state index in [9.17, 15) is 13.2 Å². The number of sulfone groups is 1. The van der Waals surface area contributed by atoms with Gasteiger partial charge < -0.3 is 10.2 Å². The van der Waals surface area contributed by atoms with Crippen molar-refractivity contribution in [2.75, 3.05) is 39.3 Å². The van der Waals surface area contributed by atoms with E-state index in [1.54, 1.807) is 6.07 Å². The molecular formula is C32H37N3O3S. The van der Waals surface area contributed by atoms with E-state index in [1.165, 1.54) is 5.56 Å². The third kappa shape index (κ3) is 6.85. The number of piperazine rings is 1. The van der Waals surface area contributed by atoms with E-state index in [4.69, 9.17) is 0 Å². The summed E-state index contributed by atoms with van der Waals surface area (Å²) in [5, 5.41) is 3.18. The molecule has 1 fully saturated rings. The monoisotopic (exact) mass is 543 g/mol. The number of aryl methyl sites for hydroxylation is 1. The van der Waals surface area contributed by atoms with E-state index in [1.807, 2.05) is 49.4 Å². The molecule has 3 aromatic rings. The van der Waals surface area contributed by atoms with Gasteiger partial charge in [0, 0.05) is 39.1 Å². The van der Waals surface area contributed by atoms with Crippen LogP contribution in [0.5, 0.6) is 0 Å². The van der Waals surface area contributed by atoms with Crippen LogP contribution in [-0.2, 0) is 20.4 Å². The van der Waals surface area contributed by atoms with Gasteiger partial charge in [-0.25, -0.2) is 8.42 Å². The number of hydrogen-bond acceptors (Lipinski definition) is 5. The van der Waals surface area contributed by atoms with Gasteiger partial charge in [0.05, 0.1) is 16.7 Å². The first-order chi connectivity index (χ1) is 18.9.